The minimum absolute atomic E-state index is 0.0952. The molecule has 3 aromatic rings. The van der Waals surface area contributed by atoms with Gasteiger partial charge in [0.1, 0.15) is 12.7 Å². The average Bonchev–Trinajstić information content (AvgIpc) is 3.19. The first-order chi connectivity index (χ1) is 13.1. The molecule has 0 fully saturated rings. The molecule has 1 N–H and O–H groups in total. The van der Waals surface area contributed by atoms with Gasteiger partial charge in [-0.05, 0) is 49.6 Å². The molecule has 0 spiro atoms. The summed E-state index contributed by atoms with van der Waals surface area (Å²) in [5.41, 5.74) is 3.75. The first-order valence-electron chi connectivity index (χ1n) is 8.91. The molecule has 1 aromatic heterocycles. The van der Waals surface area contributed by atoms with Crippen LogP contribution in [0.4, 0.5) is 11.4 Å². The second-order valence-corrected chi connectivity index (χ2v) is 7.13. The molecule has 0 saturated carbocycles. The molecule has 2 heterocycles. The van der Waals surface area contributed by atoms with E-state index in [-0.39, 0.29) is 12.5 Å². The molecule has 7 heteroatoms. The Morgan fingerprint density at radius 3 is 2.93 bits per heavy atom. The van der Waals surface area contributed by atoms with E-state index in [4.69, 9.17) is 11.6 Å². The first kappa shape index (κ1) is 17.5. The maximum atomic E-state index is 12.8. The van der Waals surface area contributed by atoms with E-state index in [0.29, 0.717) is 16.8 Å². The third kappa shape index (κ3) is 3.66. The van der Waals surface area contributed by atoms with Crippen molar-refractivity contribution >= 4 is 28.9 Å². The molecular formula is C20H20ClN5O. The van der Waals surface area contributed by atoms with Gasteiger partial charge >= 0.3 is 0 Å². The van der Waals surface area contributed by atoms with E-state index in [0.717, 1.165) is 24.2 Å². The minimum Gasteiger partial charge on any atom is -0.359 e. The fraction of sp³-hybridized carbons (Fsp3) is 0.250. The number of para-hydroxylation sites is 1. The van der Waals surface area contributed by atoms with Crippen LogP contribution in [0.1, 0.15) is 18.9 Å². The summed E-state index contributed by atoms with van der Waals surface area (Å²) in [6, 6.07) is 13.9. The van der Waals surface area contributed by atoms with Crippen LogP contribution in [0.3, 0.4) is 0 Å². The highest BCUT2D eigenvalue weighted by molar-refractivity contribution is 6.31. The van der Waals surface area contributed by atoms with E-state index in [1.165, 1.54) is 11.9 Å². The van der Waals surface area contributed by atoms with Crippen molar-refractivity contribution in [2.45, 2.75) is 25.8 Å². The molecule has 1 atom stereocenters. The molecule has 4 rings (SSSR count). The third-order valence-corrected chi connectivity index (χ3v) is 5.11. The number of anilines is 2. The summed E-state index contributed by atoms with van der Waals surface area (Å²) in [7, 11) is 0. The number of fused-ring (bicyclic) bond motifs is 1. The molecule has 2 aromatic carbocycles. The Morgan fingerprint density at radius 2 is 2.11 bits per heavy atom. The Hall–Kier alpha value is -2.86. The van der Waals surface area contributed by atoms with Crippen LogP contribution >= 0.6 is 11.6 Å². The average molecular weight is 382 g/mol. The van der Waals surface area contributed by atoms with Crippen LogP contribution in [0.15, 0.2) is 55.1 Å². The van der Waals surface area contributed by atoms with Gasteiger partial charge < -0.3 is 10.2 Å². The van der Waals surface area contributed by atoms with Crippen LogP contribution in [-0.4, -0.2) is 33.3 Å². The van der Waals surface area contributed by atoms with Crippen LogP contribution in [-0.2, 0) is 11.2 Å². The van der Waals surface area contributed by atoms with Crippen molar-refractivity contribution in [3.63, 3.8) is 0 Å². The fourth-order valence-electron chi connectivity index (χ4n) is 3.49. The Bertz CT molecular complexity index is 957. The van der Waals surface area contributed by atoms with Gasteiger partial charge in [-0.2, -0.15) is 5.10 Å². The van der Waals surface area contributed by atoms with Crippen molar-refractivity contribution in [2.24, 2.45) is 0 Å². The number of nitrogens with zero attached hydrogens (tertiary/aromatic N) is 4. The van der Waals surface area contributed by atoms with E-state index < -0.39 is 0 Å². The third-order valence-electron chi connectivity index (χ3n) is 4.88. The van der Waals surface area contributed by atoms with Gasteiger partial charge in [0.2, 0.25) is 5.91 Å². The molecule has 138 valence electrons. The highest BCUT2D eigenvalue weighted by Crippen LogP contribution is 2.30. The molecule has 0 bridgehead atoms. The molecule has 0 saturated heterocycles. The number of aromatic nitrogens is 3. The van der Waals surface area contributed by atoms with Crippen molar-refractivity contribution in [3.05, 3.63) is 65.7 Å². The monoisotopic (exact) mass is 381 g/mol. The zero-order valence-corrected chi connectivity index (χ0v) is 15.7. The standard InChI is InChI=1S/C20H20ClN5O/c1-14-6-7-15-4-2-3-5-18(15)25(14)11-20(27)24-17-10-16(21)8-9-19(17)26-13-22-12-23-26/h2-5,8-10,12-14H,6-7,11H2,1H3,(H,24,27). The largest absolute Gasteiger partial charge is 0.359 e. The smallest absolute Gasteiger partial charge is 0.243 e. The molecule has 6 nitrogen and oxygen atoms in total. The van der Waals surface area contributed by atoms with Gasteiger partial charge in [-0.3, -0.25) is 4.79 Å². The van der Waals surface area contributed by atoms with E-state index in [2.05, 4.69) is 39.4 Å². The van der Waals surface area contributed by atoms with Gasteiger partial charge in [0.15, 0.2) is 0 Å². The number of amides is 1. The zero-order chi connectivity index (χ0) is 18.8. The zero-order valence-electron chi connectivity index (χ0n) is 15.0. The van der Waals surface area contributed by atoms with Crippen molar-refractivity contribution in [1.82, 2.24) is 14.8 Å². The number of halogens is 1. The van der Waals surface area contributed by atoms with E-state index in [1.54, 1.807) is 23.1 Å². The Kier molecular flexibility index (Phi) is 4.81. The first-order valence-corrected chi connectivity index (χ1v) is 9.28. The van der Waals surface area contributed by atoms with Gasteiger partial charge in [0.05, 0.1) is 17.9 Å². The maximum Gasteiger partial charge on any atom is 0.243 e. The van der Waals surface area contributed by atoms with Gasteiger partial charge in [-0.15, -0.1) is 0 Å². The molecule has 1 aliphatic rings. The van der Waals surface area contributed by atoms with Crippen LogP contribution in [0.5, 0.6) is 0 Å². The SMILES string of the molecule is CC1CCc2ccccc2N1CC(=O)Nc1cc(Cl)ccc1-n1cncn1. The minimum atomic E-state index is -0.0952. The molecular weight excluding hydrogens is 362 g/mol. The van der Waals surface area contributed by atoms with E-state index >= 15 is 0 Å². The summed E-state index contributed by atoms with van der Waals surface area (Å²) < 4.78 is 1.60. The Morgan fingerprint density at radius 1 is 1.26 bits per heavy atom. The molecule has 1 aliphatic heterocycles. The molecule has 0 radical (unpaired) electrons. The quantitative estimate of drug-likeness (QED) is 0.748. The van der Waals surface area contributed by atoms with Gasteiger partial charge in [-0.1, -0.05) is 29.8 Å². The van der Waals surface area contributed by atoms with E-state index in [9.17, 15) is 4.79 Å². The normalized spacial score (nSPS) is 16.1. The van der Waals surface area contributed by atoms with Crippen LogP contribution in [0.25, 0.3) is 5.69 Å². The number of benzene rings is 2. The molecule has 27 heavy (non-hydrogen) atoms. The molecule has 0 aliphatic carbocycles. The maximum absolute atomic E-state index is 12.8. The predicted octanol–water partition coefficient (Wildman–Crippen LogP) is 3.70. The fourth-order valence-corrected chi connectivity index (χ4v) is 3.66. The Balaban J connectivity index is 1.57. The second-order valence-electron chi connectivity index (χ2n) is 6.69. The Labute approximate surface area is 162 Å². The number of carbonyl (C=O) groups is 1. The van der Waals surface area contributed by atoms with Crippen molar-refractivity contribution in [2.75, 3.05) is 16.8 Å². The summed E-state index contributed by atoms with van der Waals surface area (Å²) >= 11 is 6.14. The summed E-state index contributed by atoms with van der Waals surface area (Å²) in [6.45, 7) is 2.44. The highest BCUT2D eigenvalue weighted by Gasteiger charge is 2.24. The lowest BCUT2D eigenvalue weighted by Gasteiger charge is -2.36. The lowest BCUT2D eigenvalue weighted by Crippen LogP contribution is -2.42. The summed E-state index contributed by atoms with van der Waals surface area (Å²) in [4.78, 5) is 19.0. The number of hydrogen-bond donors (Lipinski definition) is 1. The topological polar surface area (TPSA) is 63.1 Å². The number of carbonyl (C=O) groups excluding carboxylic acids is 1. The number of hydrogen-bond acceptors (Lipinski definition) is 4. The van der Waals surface area contributed by atoms with Gasteiger partial charge in [0.25, 0.3) is 0 Å². The van der Waals surface area contributed by atoms with Crippen molar-refractivity contribution < 1.29 is 4.79 Å². The lowest BCUT2D eigenvalue weighted by atomic mass is 9.96. The number of aryl methyl sites for hydroxylation is 1. The molecule has 1 unspecified atom stereocenters. The van der Waals surface area contributed by atoms with Crippen molar-refractivity contribution in [3.8, 4) is 5.69 Å². The van der Waals surface area contributed by atoms with Crippen LogP contribution in [0, 0.1) is 0 Å². The highest BCUT2D eigenvalue weighted by atomic mass is 35.5. The summed E-state index contributed by atoms with van der Waals surface area (Å²) in [6.07, 6.45) is 5.11. The summed E-state index contributed by atoms with van der Waals surface area (Å²) in [5.74, 6) is -0.0952. The number of nitrogens with one attached hydrogen (secondary N) is 1. The summed E-state index contributed by atoms with van der Waals surface area (Å²) in [5, 5.41) is 7.67. The van der Waals surface area contributed by atoms with Crippen LogP contribution < -0.4 is 10.2 Å². The lowest BCUT2D eigenvalue weighted by molar-refractivity contribution is -0.115. The van der Waals surface area contributed by atoms with Crippen LogP contribution in [0.2, 0.25) is 5.02 Å². The van der Waals surface area contributed by atoms with Gasteiger partial charge in [0, 0.05) is 16.8 Å². The second kappa shape index (κ2) is 7.40. The molecule has 1 amide bonds. The van der Waals surface area contributed by atoms with Gasteiger partial charge in [-0.25, -0.2) is 9.67 Å². The van der Waals surface area contributed by atoms with E-state index in [1.807, 2.05) is 18.2 Å². The number of rotatable bonds is 4. The van der Waals surface area contributed by atoms with Crippen molar-refractivity contribution in [1.29, 1.82) is 0 Å². The predicted molar refractivity (Wildman–Crippen MR) is 107 cm³/mol.